The summed E-state index contributed by atoms with van der Waals surface area (Å²) in [4.78, 5) is 19.0. The van der Waals surface area contributed by atoms with Gasteiger partial charge in [0.25, 0.3) is 5.91 Å². The first-order chi connectivity index (χ1) is 16.1. The van der Waals surface area contributed by atoms with Crippen LogP contribution in [0.5, 0.6) is 0 Å². The molecule has 7 nitrogen and oxygen atoms in total. The van der Waals surface area contributed by atoms with Gasteiger partial charge in [-0.15, -0.1) is 0 Å². The molecule has 3 aromatic rings. The number of amides is 1. The molecule has 7 heteroatoms. The predicted molar refractivity (Wildman–Crippen MR) is 131 cm³/mol. The van der Waals surface area contributed by atoms with Gasteiger partial charge in [0, 0.05) is 44.5 Å². The number of carbonyl (C=O) groups excluding carboxylic acids is 1. The van der Waals surface area contributed by atoms with E-state index in [1.54, 1.807) is 19.2 Å². The van der Waals surface area contributed by atoms with Crippen molar-refractivity contribution in [2.45, 2.75) is 38.5 Å². The minimum Gasteiger partial charge on any atom is -0.459 e. The number of anilines is 1. The number of furan rings is 1. The molecule has 0 aliphatic carbocycles. The number of carbonyl (C=O) groups is 1. The lowest BCUT2D eigenvalue weighted by Crippen LogP contribution is -2.44. The fourth-order valence-electron chi connectivity index (χ4n) is 4.12. The molecule has 0 spiro atoms. The van der Waals surface area contributed by atoms with Crippen molar-refractivity contribution >= 4 is 17.6 Å². The van der Waals surface area contributed by atoms with Gasteiger partial charge in [-0.25, -0.2) is 0 Å². The van der Waals surface area contributed by atoms with Gasteiger partial charge in [0.05, 0.1) is 6.26 Å². The Labute approximate surface area is 194 Å². The van der Waals surface area contributed by atoms with Gasteiger partial charge in [0.15, 0.2) is 11.7 Å². The minimum absolute atomic E-state index is 0.262. The van der Waals surface area contributed by atoms with Crippen molar-refractivity contribution in [1.82, 2.24) is 15.5 Å². The molecule has 3 N–H and O–H groups in total. The van der Waals surface area contributed by atoms with Crippen molar-refractivity contribution in [2.75, 3.05) is 18.9 Å². The fourth-order valence-corrected chi connectivity index (χ4v) is 4.12. The van der Waals surface area contributed by atoms with Crippen molar-refractivity contribution in [3.8, 4) is 0 Å². The largest absolute Gasteiger partial charge is 0.459 e. The molecule has 1 saturated heterocycles. The third kappa shape index (κ3) is 6.23. The third-order valence-electron chi connectivity index (χ3n) is 5.91. The highest BCUT2D eigenvalue weighted by Gasteiger charge is 2.29. The van der Waals surface area contributed by atoms with E-state index >= 15 is 0 Å². The first-order valence-corrected chi connectivity index (χ1v) is 11.3. The molecule has 1 amide bonds. The van der Waals surface area contributed by atoms with Crippen LogP contribution in [0.25, 0.3) is 0 Å². The highest BCUT2D eigenvalue weighted by Crippen LogP contribution is 2.20. The van der Waals surface area contributed by atoms with E-state index in [0.29, 0.717) is 24.4 Å². The maximum Gasteiger partial charge on any atom is 0.291 e. The summed E-state index contributed by atoms with van der Waals surface area (Å²) in [5, 5.41) is 9.79. The molecule has 2 heterocycles. The van der Waals surface area contributed by atoms with E-state index in [2.05, 4.69) is 63.1 Å². The second-order valence-corrected chi connectivity index (χ2v) is 8.40. The molecule has 1 aromatic heterocycles. The number of likely N-dealkylation sites (tertiary alicyclic amines) is 1. The Bertz CT molecular complexity index is 1050. The second-order valence-electron chi connectivity index (χ2n) is 8.40. The third-order valence-corrected chi connectivity index (χ3v) is 5.91. The Hall–Kier alpha value is -3.58. The van der Waals surface area contributed by atoms with Crippen LogP contribution in [0, 0.1) is 0 Å². The summed E-state index contributed by atoms with van der Waals surface area (Å²) in [6.45, 7) is 4.88. The number of nitrogens with one attached hydrogen (secondary N) is 3. The Morgan fingerprint density at radius 1 is 1.06 bits per heavy atom. The molecule has 1 aliphatic heterocycles. The van der Waals surface area contributed by atoms with Gasteiger partial charge < -0.3 is 20.4 Å². The van der Waals surface area contributed by atoms with Crippen molar-refractivity contribution in [3.05, 3.63) is 89.9 Å². The zero-order chi connectivity index (χ0) is 23.0. The van der Waals surface area contributed by atoms with Crippen molar-refractivity contribution < 1.29 is 9.21 Å². The van der Waals surface area contributed by atoms with Gasteiger partial charge in [0.2, 0.25) is 0 Å². The number of nitrogens with zero attached hydrogens (tertiary/aromatic N) is 2. The number of guanidine groups is 1. The van der Waals surface area contributed by atoms with E-state index in [1.807, 2.05) is 24.3 Å². The molecular weight excluding hydrogens is 414 g/mol. The lowest BCUT2D eigenvalue weighted by Gasteiger charge is -2.21. The zero-order valence-electron chi connectivity index (χ0n) is 19.1. The van der Waals surface area contributed by atoms with Gasteiger partial charge in [-0.05, 0) is 48.7 Å². The lowest BCUT2D eigenvalue weighted by atomic mass is 10.2. The standard InChI is InChI=1S/C26H31N5O2/c1-19-15-23(18-31(19)17-21-7-4-3-5-8-21)30-26(27-2)28-16-20-10-12-22(13-11-20)29-25(32)24-9-6-14-33-24/h3-14,19,23H,15-18H2,1-2H3,(H,29,32)(H2,27,28,30). The summed E-state index contributed by atoms with van der Waals surface area (Å²) in [6, 6.07) is 22.5. The Balaban J connectivity index is 1.24. The molecule has 1 fully saturated rings. The number of hydrogen-bond donors (Lipinski definition) is 3. The zero-order valence-corrected chi connectivity index (χ0v) is 19.1. The molecule has 2 aromatic carbocycles. The highest BCUT2D eigenvalue weighted by molar-refractivity contribution is 6.02. The quantitative estimate of drug-likeness (QED) is 0.380. The van der Waals surface area contributed by atoms with Crippen LogP contribution < -0.4 is 16.0 Å². The minimum atomic E-state index is -0.262. The number of benzene rings is 2. The molecule has 2 atom stereocenters. The average molecular weight is 446 g/mol. The normalized spacial score (nSPS) is 18.8. The monoisotopic (exact) mass is 445 g/mol. The summed E-state index contributed by atoms with van der Waals surface area (Å²) in [6.07, 6.45) is 2.56. The van der Waals surface area contributed by atoms with E-state index in [9.17, 15) is 4.79 Å². The van der Waals surface area contributed by atoms with Crippen LogP contribution in [0.4, 0.5) is 5.69 Å². The van der Waals surface area contributed by atoms with Crippen molar-refractivity contribution in [2.24, 2.45) is 4.99 Å². The molecule has 0 saturated carbocycles. The van der Waals surface area contributed by atoms with Crippen LogP contribution in [0.2, 0.25) is 0 Å². The van der Waals surface area contributed by atoms with Crippen LogP contribution in [-0.2, 0) is 13.1 Å². The Kier molecular flexibility index (Phi) is 7.42. The van der Waals surface area contributed by atoms with E-state index in [1.165, 1.54) is 11.8 Å². The van der Waals surface area contributed by atoms with Gasteiger partial charge >= 0.3 is 0 Å². The molecule has 2 unspecified atom stereocenters. The number of hydrogen-bond acceptors (Lipinski definition) is 4. The number of aliphatic imine (C=N–C) groups is 1. The first kappa shape index (κ1) is 22.6. The van der Waals surface area contributed by atoms with E-state index in [0.717, 1.165) is 36.7 Å². The van der Waals surface area contributed by atoms with Gasteiger partial charge in [-0.3, -0.25) is 14.7 Å². The van der Waals surface area contributed by atoms with E-state index < -0.39 is 0 Å². The van der Waals surface area contributed by atoms with Crippen molar-refractivity contribution in [1.29, 1.82) is 0 Å². The van der Waals surface area contributed by atoms with Crippen LogP contribution >= 0.6 is 0 Å². The molecule has 4 rings (SSSR count). The van der Waals surface area contributed by atoms with Crippen molar-refractivity contribution in [3.63, 3.8) is 0 Å². The molecule has 0 bridgehead atoms. The fraction of sp³-hybridized carbons (Fsp3) is 0.308. The highest BCUT2D eigenvalue weighted by atomic mass is 16.3. The SMILES string of the molecule is CN=C(NCc1ccc(NC(=O)c2ccco2)cc1)NC1CC(C)N(Cc2ccccc2)C1. The first-order valence-electron chi connectivity index (χ1n) is 11.3. The molecule has 172 valence electrons. The molecule has 33 heavy (non-hydrogen) atoms. The van der Waals surface area contributed by atoms with E-state index in [-0.39, 0.29) is 5.91 Å². The number of rotatable bonds is 7. The summed E-state index contributed by atoms with van der Waals surface area (Å²) in [5.41, 5.74) is 3.16. The van der Waals surface area contributed by atoms with E-state index in [4.69, 9.17) is 4.42 Å². The molecule has 1 aliphatic rings. The smallest absolute Gasteiger partial charge is 0.291 e. The van der Waals surface area contributed by atoms with Crippen LogP contribution in [-0.4, -0.2) is 42.4 Å². The van der Waals surface area contributed by atoms with Crippen LogP contribution in [0.3, 0.4) is 0 Å². The maximum absolute atomic E-state index is 12.1. The summed E-state index contributed by atoms with van der Waals surface area (Å²) >= 11 is 0. The topological polar surface area (TPSA) is 81.9 Å². The Morgan fingerprint density at radius 2 is 1.85 bits per heavy atom. The molecule has 0 radical (unpaired) electrons. The Morgan fingerprint density at radius 3 is 2.55 bits per heavy atom. The predicted octanol–water partition coefficient (Wildman–Crippen LogP) is 3.86. The summed E-state index contributed by atoms with van der Waals surface area (Å²) in [7, 11) is 1.79. The molecular formula is C26H31N5O2. The van der Waals surface area contributed by atoms with Gasteiger partial charge in [0.1, 0.15) is 0 Å². The van der Waals surface area contributed by atoms with Gasteiger partial charge in [-0.1, -0.05) is 42.5 Å². The van der Waals surface area contributed by atoms with Crippen LogP contribution in [0.15, 0.2) is 82.4 Å². The average Bonchev–Trinajstić information content (AvgIpc) is 3.49. The summed E-state index contributed by atoms with van der Waals surface area (Å²) in [5.74, 6) is 0.825. The lowest BCUT2D eigenvalue weighted by molar-refractivity contribution is 0.0996. The van der Waals surface area contributed by atoms with Gasteiger partial charge in [-0.2, -0.15) is 0 Å². The second kappa shape index (κ2) is 10.8. The maximum atomic E-state index is 12.1. The summed E-state index contributed by atoms with van der Waals surface area (Å²) < 4.78 is 5.12. The van der Waals surface area contributed by atoms with Crippen LogP contribution in [0.1, 0.15) is 35.0 Å².